The van der Waals surface area contributed by atoms with Crippen LogP contribution in [0.15, 0.2) is 0 Å². The highest BCUT2D eigenvalue weighted by molar-refractivity contribution is 8.11. The van der Waals surface area contributed by atoms with Gasteiger partial charge in [0, 0.05) is 0 Å². The fourth-order valence-electron chi connectivity index (χ4n) is 1.50. The third-order valence-corrected chi connectivity index (χ3v) is 6.20. The quantitative estimate of drug-likeness (QED) is 0.314. The van der Waals surface area contributed by atoms with Crippen LogP contribution in [0.4, 0.5) is 8.78 Å². The van der Waals surface area contributed by atoms with E-state index in [4.69, 9.17) is 0 Å². The summed E-state index contributed by atoms with van der Waals surface area (Å²) in [4.78, 5) is 0. The maximum absolute atomic E-state index is 11.8. The van der Waals surface area contributed by atoms with Gasteiger partial charge in [-0.3, -0.25) is 8.78 Å². The van der Waals surface area contributed by atoms with Gasteiger partial charge in [-0.25, -0.2) is 0 Å². The number of unbranched alkanes of at least 4 members (excludes halogenated alkanes) is 6. The van der Waals surface area contributed by atoms with E-state index in [0.717, 1.165) is 42.2 Å². The molecule has 0 radical (unpaired) electrons. The minimum atomic E-state index is -0.150. The number of alkyl halides is 2. The van der Waals surface area contributed by atoms with Crippen LogP contribution in [0, 0.1) is 0 Å². The highest BCUT2D eigenvalue weighted by Gasteiger charge is 1.93. The van der Waals surface area contributed by atoms with E-state index in [1.165, 1.54) is 38.0 Å². The molecule has 2 atom stereocenters. The minimum Gasteiger partial charge on any atom is -0.251 e. The molecule has 2 unspecified atom stereocenters. The van der Waals surface area contributed by atoms with E-state index in [1.807, 2.05) is 0 Å². The minimum absolute atomic E-state index is 0.150. The lowest BCUT2D eigenvalue weighted by molar-refractivity contribution is 0.455. The molecule has 0 aliphatic carbocycles. The SMILES string of the molecule is FCCCCCCPPCCCCCCF. The predicted molar refractivity (Wildman–Crippen MR) is 75.3 cm³/mol. The van der Waals surface area contributed by atoms with Crippen LogP contribution in [0.3, 0.4) is 0 Å². The standard InChI is InChI=1S/C12H26F2P2/c13-9-5-1-3-7-11-15-16-12-8-4-2-6-10-14/h15-16H,1-12H2. The number of hydrogen-bond donors (Lipinski definition) is 0. The Bertz CT molecular complexity index is 110. The molecule has 0 aromatic carbocycles. The monoisotopic (exact) mass is 270 g/mol. The summed E-state index contributed by atoms with van der Waals surface area (Å²) in [5, 5.41) is 0. The Hall–Kier alpha value is 0.720. The van der Waals surface area contributed by atoms with Gasteiger partial charge < -0.3 is 0 Å². The van der Waals surface area contributed by atoms with Crippen molar-refractivity contribution in [2.75, 3.05) is 25.7 Å². The Morgan fingerprint density at radius 1 is 0.500 bits per heavy atom. The van der Waals surface area contributed by atoms with Crippen molar-refractivity contribution < 1.29 is 8.78 Å². The first-order valence-corrected chi connectivity index (χ1v) is 9.91. The lowest BCUT2D eigenvalue weighted by Crippen LogP contribution is -1.82. The number of hydrogen-bond acceptors (Lipinski definition) is 0. The normalized spacial score (nSPS) is 12.4. The highest BCUT2D eigenvalue weighted by Crippen LogP contribution is 2.38. The second-order valence-electron chi connectivity index (χ2n) is 4.06. The Morgan fingerprint density at radius 3 is 1.25 bits per heavy atom. The maximum Gasteiger partial charge on any atom is 0.0894 e. The van der Waals surface area contributed by atoms with E-state index >= 15 is 0 Å². The van der Waals surface area contributed by atoms with E-state index in [1.54, 1.807) is 0 Å². The lowest BCUT2D eigenvalue weighted by atomic mass is 10.2. The molecule has 0 aromatic heterocycles. The summed E-state index contributed by atoms with van der Waals surface area (Å²) in [6.07, 6.45) is 11.3. The van der Waals surface area contributed by atoms with Crippen LogP contribution in [-0.2, 0) is 0 Å². The van der Waals surface area contributed by atoms with Gasteiger partial charge in [0.1, 0.15) is 0 Å². The number of halogens is 2. The van der Waals surface area contributed by atoms with E-state index in [0.29, 0.717) is 0 Å². The van der Waals surface area contributed by atoms with Gasteiger partial charge >= 0.3 is 0 Å². The van der Waals surface area contributed by atoms with E-state index in [9.17, 15) is 8.78 Å². The molecule has 16 heavy (non-hydrogen) atoms. The first-order chi connectivity index (χ1) is 7.91. The fourth-order valence-corrected chi connectivity index (χ4v) is 4.83. The zero-order valence-electron chi connectivity index (χ0n) is 10.2. The van der Waals surface area contributed by atoms with Gasteiger partial charge in [0.25, 0.3) is 0 Å². The van der Waals surface area contributed by atoms with Gasteiger partial charge in [0.2, 0.25) is 0 Å². The summed E-state index contributed by atoms with van der Waals surface area (Å²) in [7, 11) is 2.23. The molecule has 4 heteroatoms. The Labute approximate surface area is 103 Å². The van der Waals surface area contributed by atoms with Crippen molar-refractivity contribution in [3.63, 3.8) is 0 Å². The molecule has 0 saturated carbocycles. The van der Waals surface area contributed by atoms with Crippen molar-refractivity contribution in [2.24, 2.45) is 0 Å². The van der Waals surface area contributed by atoms with Crippen LogP contribution in [0.25, 0.3) is 0 Å². The summed E-state index contributed by atoms with van der Waals surface area (Å²) in [6, 6.07) is 0. The van der Waals surface area contributed by atoms with Gasteiger partial charge in [-0.2, -0.15) is 0 Å². The smallest absolute Gasteiger partial charge is 0.0894 e. The van der Waals surface area contributed by atoms with Crippen molar-refractivity contribution in [1.29, 1.82) is 0 Å². The third kappa shape index (κ3) is 14.7. The van der Waals surface area contributed by atoms with Crippen LogP contribution in [0.5, 0.6) is 0 Å². The van der Waals surface area contributed by atoms with Gasteiger partial charge in [0.05, 0.1) is 13.3 Å². The molecule has 0 amide bonds. The molecule has 0 N–H and O–H groups in total. The maximum atomic E-state index is 11.8. The Balaban J connectivity index is 2.83. The van der Waals surface area contributed by atoms with Crippen LogP contribution in [0.1, 0.15) is 51.4 Å². The second-order valence-corrected chi connectivity index (χ2v) is 7.89. The molecule has 0 bridgehead atoms. The molecular formula is C12H26F2P2. The van der Waals surface area contributed by atoms with Gasteiger partial charge in [0.15, 0.2) is 0 Å². The van der Waals surface area contributed by atoms with Crippen molar-refractivity contribution in [3.8, 4) is 0 Å². The summed E-state index contributed by atoms with van der Waals surface area (Å²) in [5.74, 6) is 0. The van der Waals surface area contributed by atoms with Crippen LogP contribution >= 0.6 is 16.5 Å². The fraction of sp³-hybridized carbons (Fsp3) is 1.00. The Morgan fingerprint density at radius 2 is 0.875 bits per heavy atom. The molecular weight excluding hydrogens is 244 g/mol. The lowest BCUT2D eigenvalue weighted by Gasteiger charge is -2.02. The first-order valence-electron chi connectivity index (χ1n) is 6.49. The average Bonchev–Trinajstić information content (AvgIpc) is 2.31. The summed E-state index contributed by atoms with van der Waals surface area (Å²) >= 11 is 0. The molecule has 0 aliphatic heterocycles. The van der Waals surface area contributed by atoms with Crippen molar-refractivity contribution in [3.05, 3.63) is 0 Å². The second kappa shape index (κ2) is 15.7. The molecule has 0 rings (SSSR count). The number of rotatable bonds is 13. The third-order valence-electron chi connectivity index (χ3n) is 2.50. The molecule has 0 aliphatic rings. The molecule has 0 spiro atoms. The van der Waals surface area contributed by atoms with Crippen LogP contribution in [-0.4, -0.2) is 25.7 Å². The van der Waals surface area contributed by atoms with E-state index in [2.05, 4.69) is 0 Å². The molecule has 0 aromatic rings. The van der Waals surface area contributed by atoms with Gasteiger partial charge in [-0.1, -0.05) is 42.2 Å². The van der Waals surface area contributed by atoms with Crippen molar-refractivity contribution in [1.82, 2.24) is 0 Å². The van der Waals surface area contributed by atoms with Gasteiger partial charge in [-0.05, 0) is 38.0 Å². The van der Waals surface area contributed by atoms with E-state index in [-0.39, 0.29) is 13.3 Å². The summed E-state index contributed by atoms with van der Waals surface area (Å²) in [5.41, 5.74) is 0. The summed E-state index contributed by atoms with van der Waals surface area (Å²) < 4.78 is 23.6. The largest absolute Gasteiger partial charge is 0.251 e. The van der Waals surface area contributed by atoms with Crippen molar-refractivity contribution in [2.45, 2.75) is 51.4 Å². The predicted octanol–water partition coefficient (Wildman–Crippen LogP) is 5.32. The van der Waals surface area contributed by atoms with Crippen molar-refractivity contribution >= 4 is 16.5 Å². The first kappa shape index (κ1) is 16.7. The zero-order valence-corrected chi connectivity index (χ0v) is 12.2. The topological polar surface area (TPSA) is 0 Å². The molecule has 0 heterocycles. The summed E-state index contributed by atoms with van der Waals surface area (Å²) in [6.45, 7) is -0.300. The Kier molecular flexibility index (Phi) is 16.4. The average molecular weight is 270 g/mol. The molecule has 0 saturated heterocycles. The zero-order chi connectivity index (χ0) is 11.9. The highest BCUT2D eigenvalue weighted by atomic mass is 32.0. The van der Waals surface area contributed by atoms with Crippen LogP contribution < -0.4 is 0 Å². The molecule has 0 fully saturated rings. The molecule has 0 nitrogen and oxygen atoms in total. The molecule has 98 valence electrons. The van der Waals surface area contributed by atoms with Crippen LogP contribution in [0.2, 0.25) is 0 Å². The van der Waals surface area contributed by atoms with E-state index < -0.39 is 0 Å². The van der Waals surface area contributed by atoms with Gasteiger partial charge in [-0.15, -0.1) is 0 Å².